The summed E-state index contributed by atoms with van der Waals surface area (Å²) in [6, 6.07) is 14.0. The van der Waals surface area contributed by atoms with E-state index in [1.165, 1.54) is 0 Å². The highest BCUT2D eigenvalue weighted by Gasteiger charge is 2.34. The minimum absolute atomic E-state index is 0.0384. The van der Waals surface area contributed by atoms with Gasteiger partial charge in [-0.25, -0.2) is 4.79 Å². The number of amides is 2. The first-order chi connectivity index (χ1) is 10.1. The minimum Gasteiger partial charge on any atom is -0.330 e. The Balaban J connectivity index is 1.78. The van der Waals surface area contributed by atoms with Gasteiger partial charge in [-0.3, -0.25) is 0 Å². The van der Waals surface area contributed by atoms with Crippen LogP contribution in [0.1, 0.15) is 13.3 Å². The van der Waals surface area contributed by atoms with Gasteiger partial charge in [0.1, 0.15) is 0 Å². The Kier molecular flexibility index (Phi) is 3.55. The van der Waals surface area contributed by atoms with Gasteiger partial charge in [-0.15, -0.1) is 0 Å². The third-order valence-corrected chi connectivity index (χ3v) is 4.37. The molecule has 21 heavy (non-hydrogen) atoms. The van der Waals surface area contributed by atoms with Crippen LogP contribution in [-0.2, 0) is 0 Å². The highest BCUT2D eigenvalue weighted by Crippen LogP contribution is 2.29. The van der Waals surface area contributed by atoms with Crippen molar-refractivity contribution >= 4 is 22.5 Å². The van der Waals surface area contributed by atoms with Crippen molar-refractivity contribution < 1.29 is 4.79 Å². The average molecular weight is 283 g/mol. The molecule has 110 valence electrons. The number of hydrogen-bond acceptors (Lipinski definition) is 2. The molecule has 1 aliphatic rings. The minimum atomic E-state index is -0.0384. The van der Waals surface area contributed by atoms with E-state index in [1.54, 1.807) is 0 Å². The Hall–Kier alpha value is -2.07. The van der Waals surface area contributed by atoms with Crippen molar-refractivity contribution in [2.45, 2.75) is 13.3 Å². The van der Waals surface area contributed by atoms with Gasteiger partial charge in [-0.05, 0) is 29.8 Å². The van der Waals surface area contributed by atoms with Gasteiger partial charge in [-0.1, -0.05) is 43.3 Å². The number of rotatable bonds is 2. The molecule has 4 heteroatoms. The molecule has 0 radical (unpaired) electrons. The molecule has 0 aromatic heterocycles. The fraction of sp³-hybridized carbons (Fsp3) is 0.353. The van der Waals surface area contributed by atoms with Gasteiger partial charge >= 0.3 is 6.03 Å². The van der Waals surface area contributed by atoms with Crippen molar-refractivity contribution in [1.82, 2.24) is 4.90 Å². The quantitative estimate of drug-likeness (QED) is 0.890. The van der Waals surface area contributed by atoms with Gasteiger partial charge in [-0.2, -0.15) is 0 Å². The smallest absolute Gasteiger partial charge is 0.321 e. The molecule has 0 bridgehead atoms. The zero-order valence-electron chi connectivity index (χ0n) is 12.3. The Morgan fingerprint density at radius 2 is 2.05 bits per heavy atom. The van der Waals surface area contributed by atoms with Gasteiger partial charge < -0.3 is 16.0 Å². The van der Waals surface area contributed by atoms with E-state index in [0.29, 0.717) is 6.54 Å². The first-order valence-electron chi connectivity index (χ1n) is 7.35. The molecule has 1 heterocycles. The molecule has 2 aromatic carbocycles. The molecule has 2 amide bonds. The number of benzene rings is 2. The topological polar surface area (TPSA) is 58.4 Å². The van der Waals surface area contributed by atoms with Crippen LogP contribution in [0.4, 0.5) is 10.5 Å². The summed E-state index contributed by atoms with van der Waals surface area (Å²) in [6.45, 7) is 4.24. The highest BCUT2D eigenvalue weighted by molar-refractivity contribution is 6.01. The van der Waals surface area contributed by atoms with Gasteiger partial charge in [0.15, 0.2) is 0 Å². The lowest BCUT2D eigenvalue weighted by Gasteiger charge is -2.23. The summed E-state index contributed by atoms with van der Waals surface area (Å²) in [7, 11) is 0. The third kappa shape index (κ3) is 2.72. The van der Waals surface area contributed by atoms with Crippen LogP contribution in [-0.4, -0.2) is 30.6 Å². The van der Waals surface area contributed by atoms with Gasteiger partial charge in [0, 0.05) is 18.5 Å². The summed E-state index contributed by atoms with van der Waals surface area (Å²) < 4.78 is 0. The Morgan fingerprint density at radius 3 is 2.81 bits per heavy atom. The molecule has 3 rings (SSSR count). The van der Waals surface area contributed by atoms with Crippen molar-refractivity contribution in [3.05, 3.63) is 42.5 Å². The van der Waals surface area contributed by atoms with Crippen LogP contribution in [0.3, 0.4) is 0 Å². The van der Waals surface area contributed by atoms with Crippen LogP contribution in [0, 0.1) is 5.41 Å². The molecule has 3 N–H and O–H groups in total. The van der Waals surface area contributed by atoms with Crippen molar-refractivity contribution in [2.24, 2.45) is 11.1 Å². The van der Waals surface area contributed by atoms with Gasteiger partial charge in [0.25, 0.3) is 0 Å². The normalized spacial score (nSPS) is 21.7. The molecule has 0 saturated carbocycles. The molecule has 0 aliphatic carbocycles. The average Bonchev–Trinajstić information content (AvgIpc) is 2.91. The molecule has 1 unspecified atom stereocenters. The number of nitrogens with one attached hydrogen (secondary N) is 1. The summed E-state index contributed by atoms with van der Waals surface area (Å²) >= 11 is 0. The van der Waals surface area contributed by atoms with Gasteiger partial charge in [0.05, 0.1) is 5.69 Å². The number of nitrogens with two attached hydrogens (primary N) is 1. The zero-order valence-corrected chi connectivity index (χ0v) is 12.3. The maximum atomic E-state index is 12.4. The molecule has 1 aliphatic heterocycles. The number of urea groups is 1. The van der Waals surface area contributed by atoms with E-state index < -0.39 is 0 Å². The van der Waals surface area contributed by atoms with E-state index in [4.69, 9.17) is 5.73 Å². The summed E-state index contributed by atoms with van der Waals surface area (Å²) in [5, 5.41) is 5.23. The van der Waals surface area contributed by atoms with E-state index in [-0.39, 0.29) is 11.4 Å². The number of anilines is 1. The largest absolute Gasteiger partial charge is 0.330 e. The first-order valence-corrected chi connectivity index (χ1v) is 7.35. The molecular formula is C17H21N3O. The summed E-state index contributed by atoms with van der Waals surface area (Å²) in [5.41, 5.74) is 6.71. The van der Waals surface area contributed by atoms with E-state index in [0.717, 1.165) is 36.0 Å². The molecule has 0 spiro atoms. The Bertz CT molecular complexity index is 665. The van der Waals surface area contributed by atoms with Crippen LogP contribution >= 0.6 is 0 Å². The maximum absolute atomic E-state index is 12.4. The van der Waals surface area contributed by atoms with Gasteiger partial charge in [0.2, 0.25) is 0 Å². The predicted octanol–water partition coefficient (Wildman–Crippen LogP) is 3.04. The predicted molar refractivity (Wildman–Crippen MR) is 86.3 cm³/mol. The number of nitrogens with zero attached hydrogens (tertiary/aromatic N) is 1. The second-order valence-corrected chi connectivity index (χ2v) is 6.14. The van der Waals surface area contributed by atoms with E-state index in [2.05, 4.69) is 12.2 Å². The first kappa shape index (κ1) is 13.9. The fourth-order valence-electron chi connectivity index (χ4n) is 2.89. The maximum Gasteiger partial charge on any atom is 0.321 e. The van der Waals surface area contributed by atoms with Crippen LogP contribution < -0.4 is 11.1 Å². The summed E-state index contributed by atoms with van der Waals surface area (Å²) in [4.78, 5) is 14.3. The lowest BCUT2D eigenvalue weighted by atomic mass is 9.90. The van der Waals surface area contributed by atoms with E-state index in [1.807, 2.05) is 47.4 Å². The van der Waals surface area contributed by atoms with Crippen LogP contribution in [0.2, 0.25) is 0 Å². The van der Waals surface area contributed by atoms with Crippen molar-refractivity contribution in [1.29, 1.82) is 0 Å². The molecule has 4 nitrogen and oxygen atoms in total. The van der Waals surface area contributed by atoms with Crippen molar-refractivity contribution in [3.63, 3.8) is 0 Å². The van der Waals surface area contributed by atoms with Crippen LogP contribution in [0.15, 0.2) is 42.5 Å². The van der Waals surface area contributed by atoms with Crippen molar-refractivity contribution in [2.75, 3.05) is 25.0 Å². The lowest BCUT2D eigenvalue weighted by molar-refractivity contribution is 0.216. The Morgan fingerprint density at radius 1 is 1.29 bits per heavy atom. The standard InChI is InChI=1S/C17H21N3O/c1-17(11-18)9-10-20(12-17)16(21)19-15-8-4-6-13-5-2-3-7-14(13)15/h2-8H,9-12,18H2,1H3,(H,19,21). The fourth-order valence-corrected chi connectivity index (χ4v) is 2.89. The van der Waals surface area contributed by atoms with Crippen LogP contribution in [0.5, 0.6) is 0 Å². The molecule has 1 fully saturated rings. The highest BCUT2D eigenvalue weighted by atomic mass is 16.2. The monoisotopic (exact) mass is 283 g/mol. The second kappa shape index (κ2) is 5.37. The molecule has 1 saturated heterocycles. The van der Waals surface area contributed by atoms with E-state index >= 15 is 0 Å². The number of hydrogen-bond donors (Lipinski definition) is 2. The number of carbonyl (C=O) groups excluding carboxylic acids is 1. The summed E-state index contributed by atoms with van der Waals surface area (Å²) in [6.07, 6.45) is 0.965. The second-order valence-electron chi connectivity index (χ2n) is 6.14. The number of likely N-dealkylation sites (tertiary alicyclic amines) is 1. The molecule has 2 aromatic rings. The number of carbonyl (C=O) groups is 1. The number of fused-ring (bicyclic) bond motifs is 1. The van der Waals surface area contributed by atoms with Crippen LogP contribution in [0.25, 0.3) is 10.8 Å². The van der Waals surface area contributed by atoms with Crippen molar-refractivity contribution in [3.8, 4) is 0 Å². The Labute approximate surface area is 124 Å². The molecular weight excluding hydrogens is 262 g/mol. The third-order valence-electron chi connectivity index (χ3n) is 4.37. The summed E-state index contributed by atoms with van der Waals surface area (Å²) in [5.74, 6) is 0. The zero-order chi connectivity index (χ0) is 14.9. The lowest BCUT2D eigenvalue weighted by Crippen LogP contribution is -2.36. The molecule has 1 atom stereocenters. The van der Waals surface area contributed by atoms with E-state index in [9.17, 15) is 4.79 Å². The SMILES string of the molecule is CC1(CN)CCN(C(=O)Nc2cccc3ccccc23)C1.